The van der Waals surface area contributed by atoms with Gasteiger partial charge in [0.15, 0.2) is 5.96 Å². The fourth-order valence-electron chi connectivity index (χ4n) is 2.89. The Morgan fingerprint density at radius 3 is 2.52 bits per heavy atom. The van der Waals surface area contributed by atoms with Crippen LogP contribution in [-0.2, 0) is 13.1 Å². The van der Waals surface area contributed by atoms with E-state index >= 15 is 0 Å². The first kappa shape index (κ1) is 21.2. The van der Waals surface area contributed by atoms with E-state index in [0.717, 1.165) is 37.5 Å². The summed E-state index contributed by atoms with van der Waals surface area (Å²) in [6.07, 6.45) is 4.24. The molecule has 0 aliphatic carbocycles. The first-order valence-electron chi connectivity index (χ1n) is 9.22. The van der Waals surface area contributed by atoms with Gasteiger partial charge in [0.05, 0.1) is 17.4 Å². The molecule has 0 saturated heterocycles. The average Bonchev–Trinajstić information content (AvgIpc) is 3.09. The fourth-order valence-corrected chi connectivity index (χ4v) is 2.89. The SMILES string of the molecule is CCCCNC(=NC)NCc1ccc(Cn2cnc3ccccc32)cc1.I. The summed E-state index contributed by atoms with van der Waals surface area (Å²) in [6.45, 7) is 4.73. The molecule has 0 fully saturated rings. The van der Waals surface area contributed by atoms with Gasteiger partial charge < -0.3 is 15.2 Å². The molecule has 0 radical (unpaired) electrons. The summed E-state index contributed by atoms with van der Waals surface area (Å²) in [5, 5.41) is 6.68. The van der Waals surface area contributed by atoms with Crippen LogP contribution in [0.5, 0.6) is 0 Å². The Bertz CT molecular complexity index is 854. The van der Waals surface area contributed by atoms with Crippen molar-refractivity contribution in [1.29, 1.82) is 0 Å². The normalized spacial score (nSPS) is 11.3. The summed E-state index contributed by atoms with van der Waals surface area (Å²) in [6, 6.07) is 16.9. The molecule has 5 nitrogen and oxygen atoms in total. The molecule has 0 bridgehead atoms. The molecular formula is C21H28IN5. The lowest BCUT2D eigenvalue weighted by Crippen LogP contribution is -2.37. The van der Waals surface area contributed by atoms with Crippen LogP contribution in [-0.4, -0.2) is 29.1 Å². The van der Waals surface area contributed by atoms with Crippen molar-refractivity contribution in [1.82, 2.24) is 20.2 Å². The second kappa shape index (κ2) is 10.9. The van der Waals surface area contributed by atoms with Crippen molar-refractivity contribution in [2.45, 2.75) is 32.9 Å². The van der Waals surface area contributed by atoms with E-state index in [2.05, 4.69) is 68.5 Å². The quantitative estimate of drug-likeness (QED) is 0.233. The molecule has 0 aliphatic heterocycles. The monoisotopic (exact) mass is 477 g/mol. The van der Waals surface area contributed by atoms with Crippen molar-refractivity contribution < 1.29 is 0 Å². The lowest BCUT2D eigenvalue weighted by atomic mass is 10.1. The number of nitrogens with zero attached hydrogens (tertiary/aromatic N) is 3. The molecule has 3 rings (SSSR count). The number of nitrogens with one attached hydrogen (secondary N) is 2. The summed E-state index contributed by atoms with van der Waals surface area (Å²) in [4.78, 5) is 8.71. The Hall–Kier alpha value is -2.09. The molecule has 3 aromatic rings. The van der Waals surface area contributed by atoms with Crippen LogP contribution >= 0.6 is 24.0 Å². The number of imidazole rings is 1. The zero-order valence-electron chi connectivity index (χ0n) is 16.0. The number of hydrogen-bond acceptors (Lipinski definition) is 2. The van der Waals surface area contributed by atoms with Gasteiger partial charge in [-0.3, -0.25) is 4.99 Å². The smallest absolute Gasteiger partial charge is 0.191 e. The first-order chi connectivity index (χ1) is 12.8. The maximum absolute atomic E-state index is 4.45. The van der Waals surface area contributed by atoms with Crippen LogP contribution in [0.2, 0.25) is 0 Å². The van der Waals surface area contributed by atoms with Crippen LogP contribution in [0.3, 0.4) is 0 Å². The van der Waals surface area contributed by atoms with Gasteiger partial charge in [0.1, 0.15) is 0 Å². The molecule has 1 aromatic heterocycles. The van der Waals surface area contributed by atoms with Gasteiger partial charge >= 0.3 is 0 Å². The van der Waals surface area contributed by atoms with Crippen molar-refractivity contribution in [2.75, 3.05) is 13.6 Å². The predicted molar refractivity (Wildman–Crippen MR) is 124 cm³/mol. The van der Waals surface area contributed by atoms with Gasteiger partial charge in [-0.1, -0.05) is 49.7 Å². The highest BCUT2D eigenvalue weighted by Gasteiger charge is 2.03. The number of benzene rings is 2. The zero-order valence-corrected chi connectivity index (χ0v) is 18.3. The predicted octanol–water partition coefficient (Wildman–Crippen LogP) is 4.17. The van der Waals surface area contributed by atoms with Gasteiger partial charge in [-0.05, 0) is 29.7 Å². The number of para-hydroxylation sites is 2. The van der Waals surface area contributed by atoms with E-state index in [1.807, 2.05) is 18.5 Å². The van der Waals surface area contributed by atoms with Crippen LogP contribution in [0.1, 0.15) is 30.9 Å². The summed E-state index contributed by atoms with van der Waals surface area (Å²) in [7, 11) is 1.81. The second-order valence-corrected chi connectivity index (χ2v) is 6.38. The highest BCUT2D eigenvalue weighted by Crippen LogP contribution is 2.14. The number of hydrogen-bond donors (Lipinski definition) is 2. The Morgan fingerprint density at radius 1 is 1.04 bits per heavy atom. The maximum atomic E-state index is 4.45. The molecule has 0 unspecified atom stereocenters. The standard InChI is InChI=1S/C21H27N5.HI/c1-3-4-13-23-21(22-2)24-14-17-9-11-18(12-10-17)15-26-16-25-19-7-5-6-8-20(19)26;/h5-12,16H,3-4,13-15H2,1-2H3,(H2,22,23,24);1H. The summed E-state index contributed by atoms with van der Waals surface area (Å²) >= 11 is 0. The van der Waals surface area contributed by atoms with Gasteiger partial charge in [-0.25, -0.2) is 4.98 Å². The Kier molecular flexibility index (Phi) is 8.57. The van der Waals surface area contributed by atoms with Crippen molar-refractivity contribution in [3.8, 4) is 0 Å². The van der Waals surface area contributed by atoms with Crippen LogP contribution in [0.25, 0.3) is 11.0 Å². The topological polar surface area (TPSA) is 54.2 Å². The third-order valence-corrected chi connectivity index (χ3v) is 4.41. The van der Waals surface area contributed by atoms with E-state index in [4.69, 9.17) is 0 Å². The van der Waals surface area contributed by atoms with Crippen molar-refractivity contribution in [3.05, 3.63) is 66.0 Å². The van der Waals surface area contributed by atoms with Gasteiger partial charge in [0, 0.05) is 26.7 Å². The molecule has 0 amide bonds. The van der Waals surface area contributed by atoms with E-state index < -0.39 is 0 Å². The Morgan fingerprint density at radius 2 is 1.78 bits per heavy atom. The van der Waals surface area contributed by atoms with Crippen LogP contribution in [0, 0.1) is 0 Å². The minimum Gasteiger partial charge on any atom is -0.356 e. The number of rotatable bonds is 7. The number of halogens is 1. The highest BCUT2D eigenvalue weighted by molar-refractivity contribution is 14.0. The van der Waals surface area contributed by atoms with E-state index in [-0.39, 0.29) is 24.0 Å². The van der Waals surface area contributed by atoms with Crippen molar-refractivity contribution >= 4 is 41.0 Å². The summed E-state index contributed by atoms with van der Waals surface area (Å²) in [5.41, 5.74) is 4.71. The van der Waals surface area contributed by atoms with E-state index in [1.165, 1.54) is 23.1 Å². The minimum absolute atomic E-state index is 0. The molecular weight excluding hydrogens is 449 g/mol. The third-order valence-electron chi connectivity index (χ3n) is 4.41. The van der Waals surface area contributed by atoms with E-state index in [9.17, 15) is 0 Å². The van der Waals surface area contributed by atoms with Gasteiger partial charge in [-0.15, -0.1) is 24.0 Å². The first-order valence-corrected chi connectivity index (χ1v) is 9.22. The van der Waals surface area contributed by atoms with Gasteiger partial charge in [0.2, 0.25) is 0 Å². The molecule has 1 heterocycles. The lowest BCUT2D eigenvalue weighted by Gasteiger charge is -2.12. The lowest BCUT2D eigenvalue weighted by molar-refractivity contribution is 0.728. The number of fused-ring (bicyclic) bond motifs is 1. The van der Waals surface area contributed by atoms with Crippen LogP contribution in [0.4, 0.5) is 0 Å². The summed E-state index contributed by atoms with van der Waals surface area (Å²) < 4.78 is 2.18. The van der Waals surface area contributed by atoms with Gasteiger partial charge in [0.25, 0.3) is 0 Å². The fraction of sp³-hybridized carbons (Fsp3) is 0.333. The van der Waals surface area contributed by atoms with E-state index in [0.29, 0.717) is 0 Å². The Balaban J connectivity index is 0.00000261. The third kappa shape index (κ3) is 5.95. The minimum atomic E-state index is 0. The maximum Gasteiger partial charge on any atom is 0.191 e. The summed E-state index contributed by atoms with van der Waals surface area (Å²) in [5.74, 6) is 0.854. The number of aliphatic imine (C=N–C) groups is 1. The van der Waals surface area contributed by atoms with E-state index in [1.54, 1.807) is 7.05 Å². The number of guanidine groups is 1. The molecule has 0 atom stereocenters. The van der Waals surface area contributed by atoms with Crippen molar-refractivity contribution in [3.63, 3.8) is 0 Å². The Labute approximate surface area is 178 Å². The molecule has 0 saturated carbocycles. The molecule has 2 N–H and O–H groups in total. The average molecular weight is 477 g/mol. The largest absolute Gasteiger partial charge is 0.356 e. The van der Waals surface area contributed by atoms with Crippen LogP contribution in [0.15, 0.2) is 59.9 Å². The molecule has 2 aromatic carbocycles. The molecule has 6 heteroatoms. The second-order valence-electron chi connectivity index (χ2n) is 6.38. The van der Waals surface area contributed by atoms with Crippen LogP contribution < -0.4 is 10.6 Å². The number of unbranched alkanes of at least 4 members (excludes halogenated alkanes) is 1. The number of aromatic nitrogens is 2. The molecule has 0 aliphatic rings. The molecule has 27 heavy (non-hydrogen) atoms. The highest BCUT2D eigenvalue weighted by atomic mass is 127. The molecule has 0 spiro atoms. The zero-order chi connectivity index (χ0) is 18.2. The molecule has 144 valence electrons. The van der Waals surface area contributed by atoms with Crippen molar-refractivity contribution in [2.24, 2.45) is 4.99 Å². The van der Waals surface area contributed by atoms with Gasteiger partial charge in [-0.2, -0.15) is 0 Å².